The van der Waals surface area contributed by atoms with Crippen molar-refractivity contribution in [2.45, 2.75) is 18.9 Å². The number of rotatable bonds is 5. The molecule has 0 radical (unpaired) electrons. The molecule has 26 heavy (non-hydrogen) atoms. The number of ketones is 1. The number of Topliss-reactive ketones (excluding diaryl/α,β-unsaturated/α-hetero) is 1. The van der Waals surface area contributed by atoms with Gasteiger partial charge in [-0.25, -0.2) is 13.6 Å². The van der Waals surface area contributed by atoms with E-state index in [1.54, 1.807) is 17.0 Å². The van der Waals surface area contributed by atoms with E-state index >= 15 is 0 Å². The second-order valence-corrected chi connectivity index (χ2v) is 6.20. The molecule has 2 amide bonds. The number of carbonyl (C=O) groups is 3. The largest absolute Gasteiger partial charge is 0.447 e. The molecule has 3 rings (SSSR count). The molecular weight excluding hydrogens is 348 g/mol. The summed E-state index contributed by atoms with van der Waals surface area (Å²) in [5.74, 6) is -1.13. The number of carbonyl (C=O) groups excluding carboxylic acids is 3. The van der Waals surface area contributed by atoms with Crippen molar-refractivity contribution in [2.75, 3.05) is 42.7 Å². The molecule has 2 fully saturated rings. The van der Waals surface area contributed by atoms with Crippen LogP contribution in [0.25, 0.3) is 0 Å². The summed E-state index contributed by atoms with van der Waals surface area (Å²) in [5, 5.41) is 2.35. The minimum absolute atomic E-state index is 0.00605. The Morgan fingerprint density at radius 3 is 2.65 bits per heavy atom. The van der Waals surface area contributed by atoms with Gasteiger partial charge in [-0.15, -0.1) is 0 Å². The lowest BCUT2D eigenvalue weighted by Crippen LogP contribution is -2.43. The van der Waals surface area contributed by atoms with Crippen molar-refractivity contribution in [1.82, 2.24) is 5.32 Å². The number of amides is 2. The Bertz CT molecular complexity index is 718. The Morgan fingerprint density at radius 1 is 1.27 bits per heavy atom. The lowest BCUT2D eigenvalue weighted by Gasteiger charge is -2.29. The molecule has 7 nitrogen and oxygen atoms in total. The highest BCUT2D eigenvalue weighted by Gasteiger charge is 2.35. The van der Waals surface area contributed by atoms with Gasteiger partial charge >= 0.3 is 6.09 Å². The minimum atomic E-state index is -1.15. The lowest BCUT2D eigenvalue weighted by molar-refractivity contribution is -0.122. The smallest absolute Gasteiger partial charge is 0.414 e. The molecular formula is C17H19F2N3O4. The average Bonchev–Trinajstić information content (AvgIpc) is 3.01. The summed E-state index contributed by atoms with van der Waals surface area (Å²) in [6, 6.07) is 3.83. The second-order valence-electron chi connectivity index (χ2n) is 6.20. The van der Waals surface area contributed by atoms with Crippen LogP contribution in [0, 0.1) is 5.82 Å². The van der Waals surface area contributed by atoms with Gasteiger partial charge in [0.2, 0.25) is 0 Å². The van der Waals surface area contributed by atoms with Crippen LogP contribution in [-0.2, 0) is 14.3 Å². The van der Waals surface area contributed by atoms with E-state index in [0.29, 0.717) is 37.3 Å². The monoisotopic (exact) mass is 367 g/mol. The third-order valence-electron chi connectivity index (χ3n) is 4.49. The van der Waals surface area contributed by atoms with Gasteiger partial charge in [0.05, 0.1) is 17.4 Å². The molecule has 0 saturated carbocycles. The van der Waals surface area contributed by atoms with Crippen LogP contribution in [0.1, 0.15) is 12.8 Å². The summed E-state index contributed by atoms with van der Waals surface area (Å²) in [6.45, 7) is -0.213. The van der Waals surface area contributed by atoms with Gasteiger partial charge in [0, 0.05) is 32.5 Å². The van der Waals surface area contributed by atoms with Crippen molar-refractivity contribution in [2.24, 2.45) is 0 Å². The van der Waals surface area contributed by atoms with Crippen molar-refractivity contribution < 1.29 is 27.9 Å². The van der Waals surface area contributed by atoms with Crippen LogP contribution in [0.15, 0.2) is 18.2 Å². The minimum Gasteiger partial charge on any atom is -0.447 e. The maximum Gasteiger partial charge on any atom is 0.414 e. The maximum atomic E-state index is 14.6. The molecule has 140 valence electrons. The summed E-state index contributed by atoms with van der Waals surface area (Å²) in [4.78, 5) is 37.4. The van der Waals surface area contributed by atoms with Crippen LogP contribution >= 0.6 is 0 Å². The molecule has 0 bridgehead atoms. The first-order valence-corrected chi connectivity index (χ1v) is 8.34. The zero-order valence-electron chi connectivity index (χ0n) is 14.0. The summed E-state index contributed by atoms with van der Waals surface area (Å²) >= 11 is 0. The topological polar surface area (TPSA) is 79.0 Å². The first-order valence-electron chi connectivity index (χ1n) is 8.34. The first kappa shape index (κ1) is 18.1. The molecule has 0 aliphatic carbocycles. The van der Waals surface area contributed by atoms with Crippen molar-refractivity contribution >= 4 is 29.2 Å². The Hall–Kier alpha value is -2.71. The molecule has 2 saturated heterocycles. The molecule has 0 spiro atoms. The zero-order valence-corrected chi connectivity index (χ0v) is 14.0. The quantitative estimate of drug-likeness (QED) is 0.851. The average molecular weight is 367 g/mol. The Kier molecular flexibility index (Phi) is 5.34. The molecule has 9 heteroatoms. The van der Waals surface area contributed by atoms with Gasteiger partial charge in [-0.2, -0.15) is 0 Å². The zero-order chi connectivity index (χ0) is 18.7. The van der Waals surface area contributed by atoms with Gasteiger partial charge < -0.3 is 15.0 Å². The fraction of sp³-hybridized carbons (Fsp3) is 0.471. The number of alkyl halides is 1. The van der Waals surface area contributed by atoms with Crippen molar-refractivity contribution in [1.29, 1.82) is 0 Å². The van der Waals surface area contributed by atoms with Crippen LogP contribution in [0.5, 0.6) is 0 Å². The van der Waals surface area contributed by atoms with Gasteiger partial charge in [-0.3, -0.25) is 14.5 Å². The van der Waals surface area contributed by atoms with E-state index in [0.717, 1.165) is 0 Å². The van der Waals surface area contributed by atoms with E-state index in [9.17, 15) is 23.2 Å². The van der Waals surface area contributed by atoms with Crippen LogP contribution in [-0.4, -0.2) is 56.7 Å². The van der Waals surface area contributed by atoms with Crippen molar-refractivity contribution in [3.05, 3.63) is 24.0 Å². The molecule has 1 aromatic carbocycles. The summed E-state index contributed by atoms with van der Waals surface area (Å²) in [6.07, 6.45) is 0.117. The van der Waals surface area contributed by atoms with Gasteiger partial charge in [0.25, 0.3) is 5.91 Å². The van der Waals surface area contributed by atoms with Crippen LogP contribution < -0.4 is 15.1 Å². The molecule has 0 unspecified atom stereocenters. The van der Waals surface area contributed by atoms with E-state index in [-0.39, 0.29) is 18.9 Å². The highest BCUT2D eigenvalue weighted by atomic mass is 19.1. The van der Waals surface area contributed by atoms with Crippen LogP contribution in [0.4, 0.5) is 25.0 Å². The van der Waals surface area contributed by atoms with Gasteiger partial charge in [0.1, 0.15) is 18.2 Å². The normalized spacial score (nSPS) is 20.3. The Balaban J connectivity index is 1.75. The van der Waals surface area contributed by atoms with Gasteiger partial charge in [-0.1, -0.05) is 0 Å². The number of nitrogens with one attached hydrogen (secondary N) is 1. The molecule has 2 aliphatic rings. The second kappa shape index (κ2) is 7.67. The number of hydrogen-bond donors (Lipinski definition) is 1. The van der Waals surface area contributed by atoms with Crippen LogP contribution in [0.3, 0.4) is 0 Å². The number of piperidine rings is 1. The predicted molar refractivity (Wildman–Crippen MR) is 89.5 cm³/mol. The summed E-state index contributed by atoms with van der Waals surface area (Å²) < 4.78 is 31.8. The number of cyclic esters (lactones) is 1. The highest BCUT2D eigenvalue weighted by Crippen LogP contribution is 2.29. The van der Waals surface area contributed by atoms with E-state index < -0.39 is 30.5 Å². The standard InChI is InChI=1S/C17H19F2N3O4/c18-8-16(24)20-9-12-10-26-17(25)22(12)11-1-2-15(14(19)7-11)21-5-3-13(23)4-6-21/h1-2,7,12H,3-6,8-10H2,(H,20,24)/t12-/m0/s1. The molecule has 2 aliphatic heterocycles. The van der Waals surface area contributed by atoms with Gasteiger partial charge in [-0.05, 0) is 18.2 Å². The number of halogens is 2. The number of benzene rings is 1. The van der Waals surface area contributed by atoms with E-state index in [2.05, 4.69) is 5.32 Å². The number of ether oxygens (including phenoxy) is 1. The molecule has 1 atom stereocenters. The molecule has 0 aromatic heterocycles. The van der Waals surface area contributed by atoms with Crippen molar-refractivity contribution in [3.8, 4) is 0 Å². The third kappa shape index (κ3) is 3.76. The van der Waals surface area contributed by atoms with E-state index in [1.807, 2.05) is 0 Å². The van der Waals surface area contributed by atoms with Crippen LogP contribution in [0.2, 0.25) is 0 Å². The number of anilines is 2. The maximum absolute atomic E-state index is 14.6. The molecule has 1 N–H and O–H groups in total. The van der Waals surface area contributed by atoms with Crippen molar-refractivity contribution in [3.63, 3.8) is 0 Å². The lowest BCUT2D eigenvalue weighted by atomic mass is 10.1. The summed E-state index contributed by atoms with van der Waals surface area (Å²) in [5.41, 5.74) is 0.664. The highest BCUT2D eigenvalue weighted by molar-refractivity contribution is 5.91. The first-order chi connectivity index (χ1) is 12.5. The van der Waals surface area contributed by atoms with E-state index in [1.165, 1.54) is 11.0 Å². The number of nitrogens with zero attached hydrogens (tertiary/aromatic N) is 2. The SMILES string of the molecule is O=C1CCN(c2ccc(N3C(=O)OC[C@@H]3CNC(=O)CF)cc2F)CC1. The third-order valence-corrected chi connectivity index (χ3v) is 4.49. The fourth-order valence-corrected chi connectivity index (χ4v) is 3.11. The molecule has 2 heterocycles. The van der Waals surface area contributed by atoms with Gasteiger partial charge in [0.15, 0.2) is 6.67 Å². The predicted octanol–water partition coefficient (Wildman–Crippen LogP) is 1.41. The number of hydrogen-bond acceptors (Lipinski definition) is 5. The fourth-order valence-electron chi connectivity index (χ4n) is 3.11. The summed E-state index contributed by atoms with van der Waals surface area (Å²) in [7, 11) is 0. The van der Waals surface area contributed by atoms with E-state index in [4.69, 9.17) is 4.74 Å². The Morgan fingerprint density at radius 2 is 2.00 bits per heavy atom. The Labute approximate surface area is 148 Å². The molecule has 1 aromatic rings.